The molecule has 0 fully saturated rings. The molecule has 4 nitrogen and oxygen atoms in total. The number of anilines is 1. The van der Waals surface area contributed by atoms with Crippen molar-refractivity contribution in [1.82, 2.24) is 9.55 Å². The van der Waals surface area contributed by atoms with Gasteiger partial charge >= 0.3 is 0 Å². The minimum Gasteiger partial charge on any atom is -0.494 e. The lowest BCUT2D eigenvalue weighted by Gasteiger charge is -2.16. The molecular weight excluding hydrogens is 238 g/mol. The predicted molar refractivity (Wildman–Crippen MR) is 77.5 cm³/mol. The molecule has 0 amide bonds. The van der Waals surface area contributed by atoms with Gasteiger partial charge in [-0.3, -0.25) is 0 Å². The molecule has 1 unspecified atom stereocenters. The van der Waals surface area contributed by atoms with E-state index in [-0.39, 0.29) is 6.04 Å². The Morgan fingerprint density at radius 2 is 2.26 bits per heavy atom. The fourth-order valence-corrected chi connectivity index (χ4v) is 2.00. The monoisotopic (exact) mass is 259 g/mol. The Bertz CT molecular complexity index is 522. The van der Waals surface area contributed by atoms with Crippen molar-refractivity contribution < 1.29 is 4.74 Å². The van der Waals surface area contributed by atoms with Gasteiger partial charge in [0, 0.05) is 31.2 Å². The molecule has 0 aliphatic rings. The van der Waals surface area contributed by atoms with Crippen LogP contribution in [0.3, 0.4) is 0 Å². The van der Waals surface area contributed by atoms with Crippen LogP contribution in [0.2, 0.25) is 0 Å². The van der Waals surface area contributed by atoms with Gasteiger partial charge in [0.25, 0.3) is 0 Å². The first-order valence-corrected chi connectivity index (χ1v) is 6.67. The van der Waals surface area contributed by atoms with E-state index in [1.807, 2.05) is 48.3 Å². The summed E-state index contributed by atoms with van der Waals surface area (Å²) in [7, 11) is 2.00. The fourth-order valence-electron chi connectivity index (χ4n) is 2.00. The van der Waals surface area contributed by atoms with E-state index in [4.69, 9.17) is 4.74 Å². The summed E-state index contributed by atoms with van der Waals surface area (Å²) in [6.07, 6.45) is 4.78. The molecule has 1 aromatic heterocycles. The second-order valence-electron chi connectivity index (χ2n) is 4.64. The van der Waals surface area contributed by atoms with Crippen LogP contribution in [0.25, 0.3) is 0 Å². The Hall–Kier alpha value is -1.97. The normalized spacial score (nSPS) is 12.2. The highest BCUT2D eigenvalue weighted by molar-refractivity contribution is 5.49. The Morgan fingerprint density at radius 1 is 1.42 bits per heavy atom. The first-order chi connectivity index (χ1) is 9.20. The summed E-state index contributed by atoms with van der Waals surface area (Å²) in [6, 6.07) is 8.19. The van der Waals surface area contributed by atoms with E-state index in [2.05, 4.69) is 24.1 Å². The van der Waals surface area contributed by atoms with Crippen molar-refractivity contribution >= 4 is 5.69 Å². The van der Waals surface area contributed by atoms with Crippen LogP contribution < -0.4 is 10.1 Å². The Kier molecular flexibility index (Phi) is 4.44. The molecule has 1 heterocycles. The van der Waals surface area contributed by atoms with Crippen LogP contribution in [0.15, 0.2) is 36.7 Å². The van der Waals surface area contributed by atoms with E-state index in [0.29, 0.717) is 0 Å². The number of nitrogens with zero attached hydrogens (tertiary/aromatic N) is 2. The molecule has 2 aromatic rings. The first-order valence-electron chi connectivity index (χ1n) is 6.67. The fraction of sp³-hybridized carbons (Fsp3) is 0.400. The standard InChI is InChI=1S/C15H21N3O/c1-4-10-19-14-7-5-6-13(11-14)17-12(2)15-16-8-9-18(15)3/h5-9,11-12,17H,4,10H2,1-3H3. The molecule has 0 radical (unpaired) electrons. The summed E-state index contributed by atoms with van der Waals surface area (Å²) in [5.41, 5.74) is 1.05. The van der Waals surface area contributed by atoms with Gasteiger partial charge in [-0.05, 0) is 25.5 Å². The summed E-state index contributed by atoms with van der Waals surface area (Å²) in [5.74, 6) is 1.92. The second kappa shape index (κ2) is 6.27. The number of hydrogen-bond acceptors (Lipinski definition) is 3. The molecule has 2 rings (SSSR count). The van der Waals surface area contributed by atoms with Crippen molar-refractivity contribution in [3.63, 3.8) is 0 Å². The van der Waals surface area contributed by atoms with Crippen LogP contribution in [-0.4, -0.2) is 16.2 Å². The lowest BCUT2D eigenvalue weighted by atomic mass is 10.2. The van der Waals surface area contributed by atoms with Crippen LogP contribution in [0.4, 0.5) is 5.69 Å². The smallest absolute Gasteiger partial charge is 0.130 e. The number of imidazole rings is 1. The molecular formula is C15H21N3O. The zero-order valence-corrected chi connectivity index (χ0v) is 11.8. The minimum atomic E-state index is 0.154. The van der Waals surface area contributed by atoms with Crippen molar-refractivity contribution in [2.75, 3.05) is 11.9 Å². The quantitative estimate of drug-likeness (QED) is 0.864. The highest BCUT2D eigenvalue weighted by Gasteiger charge is 2.10. The molecule has 1 aromatic carbocycles. The van der Waals surface area contributed by atoms with Crippen LogP contribution >= 0.6 is 0 Å². The molecule has 1 atom stereocenters. The van der Waals surface area contributed by atoms with E-state index >= 15 is 0 Å². The predicted octanol–water partition coefficient (Wildman–Crippen LogP) is 3.38. The van der Waals surface area contributed by atoms with Crippen molar-refractivity contribution in [3.05, 3.63) is 42.5 Å². The van der Waals surface area contributed by atoms with Gasteiger partial charge in [-0.2, -0.15) is 0 Å². The zero-order chi connectivity index (χ0) is 13.7. The van der Waals surface area contributed by atoms with Gasteiger partial charge in [0.2, 0.25) is 0 Å². The summed E-state index contributed by atoms with van der Waals surface area (Å²) < 4.78 is 7.65. The van der Waals surface area contributed by atoms with E-state index < -0.39 is 0 Å². The molecule has 0 saturated heterocycles. The number of hydrogen-bond donors (Lipinski definition) is 1. The molecule has 4 heteroatoms. The Labute approximate surface area is 114 Å². The third-order valence-corrected chi connectivity index (χ3v) is 2.94. The minimum absolute atomic E-state index is 0.154. The van der Waals surface area contributed by atoms with Crippen LogP contribution in [-0.2, 0) is 7.05 Å². The number of aryl methyl sites for hydroxylation is 1. The molecule has 1 N–H and O–H groups in total. The number of nitrogens with one attached hydrogen (secondary N) is 1. The van der Waals surface area contributed by atoms with E-state index in [1.54, 1.807) is 0 Å². The first kappa shape index (κ1) is 13.5. The van der Waals surface area contributed by atoms with Crippen LogP contribution in [0.1, 0.15) is 32.1 Å². The molecule has 102 valence electrons. The largest absolute Gasteiger partial charge is 0.494 e. The lowest BCUT2D eigenvalue weighted by Crippen LogP contribution is -2.11. The number of rotatable bonds is 6. The lowest BCUT2D eigenvalue weighted by molar-refractivity contribution is 0.317. The second-order valence-corrected chi connectivity index (χ2v) is 4.64. The van der Waals surface area contributed by atoms with Crippen molar-refractivity contribution in [1.29, 1.82) is 0 Å². The number of ether oxygens (including phenoxy) is 1. The topological polar surface area (TPSA) is 39.1 Å². The van der Waals surface area contributed by atoms with Gasteiger partial charge in [-0.15, -0.1) is 0 Å². The van der Waals surface area contributed by atoms with Gasteiger partial charge in [0.05, 0.1) is 12.6 Å². The third kappa shape index (κ3) is 3.50. The highest BCUT2D eigenvalue weighted by atomic mass is 16.5. The number of aromatic nitrogens is 2. The van der Waals surface area contributed by atoms with Gasteiger partial charge in [-0.25, -0.2) is 4.98 Å². The molecule has 0 aliphatic heterocycles. The van der Waals surface area contributed by atoms with E-state index in [0.717, 1.165) is 30.3 Å². The maximum absolute atomic E-state index is 5.63. The van der Waals surface area contributed by atoms with Gasteiger partial charge < -0.3 is 14.6 Å². The molecule has 0 spiro atoms. The van der Waals surface area contributed by atoms with E-state index in [1.165, 1.54) is 0 Å². The maximum atomic E-state index is 5.63. The van der Waals surface area contributed by atoms with Gasteiger partial charge in [0.15, 0.2) is 0 Å². The Morgan fingerprint density at radius 3 is 2.95 bits per heavy atom. The summed E-state index contributed by atoms with van der Waals surface area (Å²) in [5, 5.41) is 3.44. The van der Waals surface area contributed by atoms with Gasteiger partial charge in [-0.1, -0.05) is 13.0 Å². The number of benzene rings is 1. The zero-order valence-electron chi connectivity index (χ0n) is 11.8. The van der Waals surface area contributed by atoms with Crippen molar-refractivity contribution in [2.45, 2.75) is 26.3 Å². The molecule has 0 aliphatic carbocycles. The molecule has 0 saturated carbocycles. The average Bonchev–Trinajstić information content (AvgIpc) is 2.83. The SMILES string of the molecule is CCCOc1cccc(NC(C)c2nccn2C)c1. The van der Waals surface area contributed by atoms with E-state index in [9.17, 15) is 0 Å². The van der Waals surface area contributed by atoms with Crippen molar-refractivity contribution in [3.8, 4) is 5.75 Å². The van der Waals surface area contributed by atoms with Gasteiger partial charge in [0.1, 0.15) is 11.6 Å². The molecule has 19 heavy (non-hydrogen) atoms. The summed E-state index contributed by atoms with van der Waals surface area (Å²) in [4.78, 5) is 4.35. The van der Waals surface area contributed by atoms with Crippen LogP contribution in [0, 0.1) is 0 Å². The maximum Gasteiger partial charge on any atom is 0.130 e. The Balaban J connectivity index is 2.04. The van der Waals surface area contributed by atoms with Crippen LogP contribution in [0.5, 0.6) is 5.75 Å². The summed E-state index contributed by atoms with van der Waals surface area (Å²) >= 11 is 0. The highest BCUT2D eigenvalue weighted by Crippen LogP contribution is 2.22. The molecule has 0 bridgehead atoms. The summed E-state index contributed by atoms with van der Waals surface area (Å²) in [6.45, 7) is 4.95. The average molecular weight is 259 g/mol. The van der Waals surface area contributed by atoms with Crippen molar-refractivity contribution in [2.24, 2.45) is 7.05 Å². The third-order valence-electron chi connectivity index (χ3n) is 2.94.